The second-order valence-electron chi connectivity index (χ2n) is 6.63. The Labute approximate surface area is 165 Å². The van der Waals surface area contributed by atoms with Crippen LogP contribution in [0.4, 0.5) is 8.78 Å². The zero-order chi connectivity index (χ0) is 20.3. The molecule has 148 valence electrons. The van der Waals surface area contributed by atoms with Gasteiger partial charge in [-0.15, -0.1) is 10.6 Å². The van der Waals surface area contributed by atoms with Crippen molar-refractivity contribution >= 4 is 10.6 Å². The number of benzene rings is 3. The Hall–Kier alpha value is -2.41. The molecular weight excluding hydrogens is 382 g/mol. The Kier molecular flexibility index (Phi) is 6.03. The predicted octanol–water partition coefficient (Wildman–Crippen LogP) is 6.99. The van der Waals surface area contributed by atoms with E-state index in [1.54, 1.807) is 32.0 Å². The maximum Gasteiger partial charge on any atom is 0.263 e. The maximum absolute atomic E-state index is 13.1. The Bertz CT molecular complexity index is 959. The SMILES string of the molecule is Cc1cc(C(F)F)cc(S(O)(O)c2ccc(OCc3ccccc3)c(C)c2)c1. The summed E-state index contributed by atoms with van der Waals surface area (Å²) in [6.45, 7) is 3.85. The molecule has 0 fully saturated rings. The normalized spacial score (nSPS) is 12.2. The lowest BCUT2D eigenvalue weighted by Crippen LogP contribution is -2.03. The van der Waals surface area contributed by atoms with Gasteiger partial charge in [0.05, 0.1) is 9.79 Å². The number of ether oxygens (including phenoxy) is 1. The molecule has 0 radical (unpaired) electrons. The van der Waals surface area contributed by atoms with E-state index in [1.165, 1.54) is 12.1 Å². The van der Waals surface area contributed by atoms with Crippen molar-refractivity contribution < 1.29 is 22.6 Å². The summed E-state index contributed by atoms with van der Waals surface area (Å²) in [6, 6.07) is 18.6. The van der Waals surface area contributed by atoms with E-state index in [-0.39, 0.29) is 15.4 Å². The highest BCUT2D eigenvalue weighted by Gasteiger charge is 2.22. The standard InChI is InChI=1S/C22H22F2O3S/c1-15-10-18(22(23)24)13-20(11-15)28(25,26)19-8-9-21(16(2)12-19)27-14-17-6-4-3-5-7-17/h3-13,22,25-26H,14H2,1-2H3. The molecule has 3 aromatic rings. The number of halogens is 2. The number of aryl methyl sites for hydroxylation is 2. The van der Waals surface area contributed by atoms with Gasteiger partial charge in [0, 0.05) is 5.56 Å². The fourth-order valence-electron chi connectivity index (χ4n) is 2.90. The van der Waals surface area contributed by atoms with Crippen molar-refractivity contribution in [3.8, 4) is 5.75 Å². The first-order chi connectivity index (χ1) is 13.3. The quantitative estimate of drug-likeness (QED) is 0.465. The summed E-state index contributed by atoms with van der Waals surface area (Å²) in [5.74, 6) is 0.625. The summed E-state index contributed by atoms with van der Waals surface area (Å²) in [6.07, 6.45) is -2.68. The van der Waals surface area contributed by atoms with Crippen molar-refractivity contribution in [2.24, 2.45) is 0 Å². The Morgan fingerprint density at radius 2 is 1.61 bits per heavy atom. The largest absolute Gasteiger partial charge is 0.489 e. The van der Waals surface area contributed by atoms with E-state index in [0.29, 0.717) is 17.9 Å². The van der Waals surface area contributed by atoms with Gasteiger partial charge in [-0.25, -0.2) is 8.78 Å². The van der Waals surface area contributed by atoms with Gasteiger partial charge in [0.25, 0.3) is 6.43 Å². The molecule has 0 aliphatic rings. The molecule has 0 saturated carbocycles. The first-order valence-corrected chi connectivity index (χ1v) is 10.3. The molecule has 2 N–H and O–H groups in total. The van der Waals surface area contributed by atoms with Gasteiger partial charge in [-0.05, 0) is 60.9 Å². The molecule has 3 nitrogen and oxygen atoms in total. The molecule has 0 spiro atoms. The lowest BCUT2D eigenvalue weighted by Gasteiger charge is -2.33. The minimum absolute atomic E-state index is 0.0835. The lowest BCUT2D eigenvalue weighted by molar-refractivity contribution is 0.151. The molecule has 6 heteroatoms. The monoisotopic (exact) mass is 404 g/mol. The van der Waals surface area contributed by atoms with Gasteiger partial charge in [0.15, 0.2) is 0 Å². The van der Waals surface area contributed by atoms with Crippen LogP contribution >= 0.6 is 10.6 Å². The van der Waals surface area contributed by atoms with Crippen LogP contribution in [0.15, 0.2) is 76.5 Å². The van der Waals surface area contributed by atoms with Crippen molar-refractivity contribution in [1.82, 2.24) is 0 Å². The van der Waals surface area contributed by atoms with Crippen molar-refractivity contribution in [3.05, 3.63) is 89.0 Å². The van der Waals surface area contributed by atoms with Crippen LogP contribution in [0.2, 0.25) is 0 Å². The van der Waals surface area contributed by atoms with Crippen LogP contribution in [-0.2, 0) is 6.61 Å². The van der Waals surface area contributed by atoms with Gasteiger partial charge < -0.3 is 4.74 Å². The van der Waals surface area contributed by atoms with Crippen molar-refractivity contribution in [3.63, 3.8) is 0 Å². The van der Waals surface area contributed by atoms with Crippen LogP contribution in [0.25, 0.3) is 0 Å². The third kappa shape index (κ3) is 4.52. The van der Waals surface area contributed by atoms with Crippen LogP contribution in [0.1, 0.15) is 28.7 Å². The molecule has 0 saturated heterocycles. The summed E-state index contributed by atoms with van der Waals surface area (Å²) in [5, 5.41) is 0. The van der Waals surface area contributed by atoms with Gasteiger partial charge in [-0.2, -0.15) is 0 Å². The maximum atomic E-state index is 13.1. The fourth-order valence-corrected chi connectivity index (χ4v) is 4.42. The van der Waals surface area contributed by atoms with E-state index >= 15 is 0 Å². The second-order valence-corrected chi connectivity index (χ2v) is 8.67. The summed E-state index contributed by atoms with van der Waals surface area (Å²) in [4.78, 5) is 0.350. The zero-order valence-corrected chi connectivity index (χ0v) is 16.4. The van der Waals surface area contributed by atoms with Gasteiger partial charge in [-0.3, -0.25) is 9.11 Å². The van der Waals surface area contributed by atoms with Crippen LogP contribution in [0.5, 0.6) is 5.75 Å². The Morgan fingerprint density at radius 3 is 2.25 bits per heavy atom. The highest BCUT2D eigenvalue weighted by Crippen LogP contribution is 2.56. The average Bonchev–Trinajstić information content (AvgIpc) is 2.67. The topological polar surface area (TPSA) is 49.7 Å². The van der Waals surface area contributed by atoms with E-state index in [1.807, 2.05) is 30.3 Å². The molecule has 0 aromatic heterocycles. The molecule has 0 unspecified atom stereocenters. The average molecular weight is 404 g/mol. The van der Waals surface area contributed by atoms with Crippen LogP contribution in [-0.4, -0.2) is 9.11 Å². The van der Waals surface area contributed by atoms with E-state index in [4.69, 9.17) is 4.74 Å². The molecule has 0 atom stereocenters. The van der Waals surface area contributed by atoms with Crippen molar-refractivity contribution in [1.29, 1.82) is 0 Å². The second kappa shape index (κ2) is 8.31. The van der Waals surface area contributed by atoms with Crippen LogP contribution in [0.3, 0.4) is 0 Å². The fraction of sp³-hybridized carbons (Fsp3) is 0.182. The summed E-state index contributed by atoms with van der Waals surface area (Å²) in [7, 11) is -3.41. The van der Waals surface area contributed by atoms with Crippen LogP contribution < -0.4 is 4.74 Å². The highest BCUT2D eigenvalue weighted by atomic mass is 32.3. The third-order valence-electron chi connectivity index (χ3n) is 4.37. The Balaban J connectivity index is 1.86. The summed E-state index contributed by atoms with van der Waals surface area (Å²) >= 11 is 0. The van der Waals surface area contributed by atoms with E-state index in [2.05, 4.69) is 0 Å². The number of alkyl halides is 2. The molecule has 0 amide bonds. The molecule has 0 heterocycles. The minimum Gasteiger partial charge on any atom is -0.489 e. The predicted molar refractivity (Wildman–Crippen MR) is 107 cm³/mol. The highest BCUT2D eigenvalue weighted by molar-refractivity contribution is 8.24. The van der Waals surface area contributed by atoms with Crippen molar-refractivity contribution in [2.75, 3.05) is 0 Å². The number of hydrogen-bond acceptors (Lipinski definition) is 3. The molecule has 0 aliphatic heterocycles. The van der Waals surface area contributed by atoms with Crippen LogP contribution in [0, 0.1) is 13.8 Å². The minimum atomic E-state index is -3.41. The van der Waals surface area contributed by atoms with Crippen molar-refractivity contribution in [2.45, 2.75) is 36.7 Å². The molecule has 3 rings (SSSR count). The number of hydrogen-bond donors (Lipinski definition) is 2. The third-order valence-corrected chi connectivity index (χ3v) is 6.17. The van der Waals surface area contributed by atoms with E-state index in [9.17, 15) is 17.9 Å². The molecule has 28 heavy (non-hydrogen) atoms. The first-order valence-electron chi connectivity index (χ1n) is 8.73. The lowest BCUT2D eigenvalue weighted by atomic mass is 10.1. The van der Waals surface area contributed by atoms with E-state index in [0.717, 1.165) is 17.2 Å². The van der Waals surface area contributed by atoms with Gasteiger partial charge in [-0.1, -0.05) is 36.4 Å². The molecule has 0 aliphatic carbocycles. The summed E-state index contributed by atoms with van der Waals surface area (Å²) < 4.78 is 53.5. The van der Waals surface area contributed by atoms with Gasteiger partial charge >= 0.3 is 0 Å². The molecular formula is C22H22F2O3S. The van der Waals surface area contributed by atoms with Gasteiger partial charge in [0.2, 0.25) is 0 Å². The van der Waals surface area contributed by atoms with E-state index < -0.39 is 17.0 Å². The smallest absolute Gasteiger partial charge is 0.263 e. The Morgan fingerprint density at radius 1 is 0.893 bits per heavy atom. The molecule has 0 bridgehead atoms. The number of rotatable bonds is 6. The van der Waals surface area contributed by atoms with Gasteiger partial charge in [0.1, 0.15) is 12.4 Å². The first kappa shape index (κ1) is 20.3. The zero-order valence-electron chi connectivity index (χ0n) is 15.6. The molecule has 3 aromatic carbocycles. The summed E-state index contributed by atoms with van der Waals surface area (Å²) in [5.41, 5.74) is 2.08.